The molecule has 4 rings (SSSR count). The van der Waals surface area contributed by atoms with Gasteiger partial charge in [-0.05, 0) is 35.6 Å². The minimum atomic E-state index is -0.207. The van der Waals surface area contributed by atoms with Crippen LogP contribution >= 0.6 is 12.2 Å². The summed E-state index contributed by atoms with van der Waals surface area (Å²) in [5.41, 5.74) is 1.65. The molecule has 0 atom stereocenters. The van der Waals surface area contributed by atoms with Gasteiger partial charge < -0.3 is 19.9 Å². The van der Waals surface area contributed by atoms with E-state index < -0.39 is 0 Å². The minimum absolute atomic E-state index is 0.207. The van der Waals surface area contributed by atoms with Crippen molar-refractivity contribution in [1.82, 2.24) is 0 Å². The standard InChI is InChI=1S/C22H18N2O3S/c25-21(16-9-10-18-19(15-16)27-14-13-26-18)20(24-11-5-2-6-12-24)22(28)23-17-7-3-1-4-8-17/h1-12,15H,13-14H2,(H-,23,25,28). The zero-order valence-electron chi connectivity index (χ0n) is 15.0. The third-order valence-corrected chi connectivity index (χ3v) is 4.54. The number of benzene rings is 2. The monoisotopic (exact) mass is 390 g/mol. The van der Waals surface area contributed by atoms with E-state index in [1.165, 1.54) is 0 Å². The quantitative estimate of drug-likeness (QED) is 0.321. The highest BCUT2D eigenvalue weighted by molar-refractivity contribution is 7.81. The zero-order chi connectivity index (χ0) is 19.3. The number of aromatic nitrogens is 1. The van der Waals surface area contributed by atoms with Gasteiger partial charge in [-0.3, -0.25) is 0 Å². The predicted molar refractivity (Wildman–Crippen MR) is 110 cm³/mol. The van der Waals surface area contributed by atoms with E-state index in [9.17, 15) is 5.11 Å². The SMILES string of the molecule is [O-]/C(=C(\C(=S)Nc1ccccc1)[n+]1ccccc1)c1ccc2c(c1)OCCO2. The fourth-order valence-electron chi connectivity index (χ4n) is 2.92. The summed E-state index contributed by atoms with van der Waals surface area (Å²) in [5, 5.41) is 16.5. The van der Waals surface area contributed by atoms with Crippen LogP contribution in [0.1, 0.15) is 5.56 Å². The van der Waals surface area contributed by atoms with Crippen molar-refractivity contribution in [1.29, 1.82) is 0 Å². The van der Waals surface area contributed by atoms with Crippen LogP contribution in [-0.4, -0.2) is 18.2 Å². The molecule has 0 amide bonds. The topological polar surface area (TPSA) is 57.4 Å². The van der Waals surface area contributed by atoms with Crippen molar-refractivity contribution in [3.8, 4) is 11.5 Å². The molecular weight excluding hydrogens is 372 g/mol. The van der Waals surface area contributed by atoms with Crippen molar-refractivity contribution in [3.63, 3.8) is 0 Å². The number of rotatable bonds is 4. The van der Waals surface area contributed by atoms with Gasteiger partial charge in [0.05, 0.1) is 0 Å². The molecule has 1 aliphatic rings. The first-order chi connectivity index (χ1) is 13.7. The lowest BCUT2D eigenvalue weighted by Gasteiger charge is -2.21. The van der Waals surface area contributed by atoms with Crippen molar-refractivity contribution in [2.24, 2.45) is 0 Å². The van der Waals surface area contributed by atoms with Crippen LogP contribution in [0.2, 0.25) is 0 Å². The van der Waals surface area contributed by atoms with E-state index in [4.69, 9.17) is 21.7 Å². The Morgan fingerprint density at radius 2 is 1.57 bits per heavy atom. The third-order valence-electron chi connectivity index (χ3n) is 4.24. The molecule has 0 unspecified atom stereocenters. The fourth-order valence-corrected chi connectivity index (χ4v) is 3.23. The second-order valence-electron chi connectivity index (χ2n) is 6.14. The number of nitrogens with one attached hydrogen (secondary N) is 1. The van der Waals surface area contributed by atoms with Crippen LogP contribution in [0.25, 0.3) is 11.5 Å². The Hall–Kier alpha value is -3.38. The lowest BCUT2D eigenvalue weighted by Crippen LogP contribution is -2.39. The number of hydrogen-bond acceptors (Lipinski definition) is 4. The van der Waals surface area contributed by atoms with Gasteiger partial charge in [-0.15, -0.1) is 0 Å². The normalized spacial score (nSPS) is 13.4. The van der Waals surface area contributed by atoms with Crippen molar-refractivity contribution in [2.75, 3.05) is 18.5 Å². The number of hydrogen-bond donors (Lipinski definition) is 1. The number of pyridine rings is 1. The van der Waals surface area contributed by atoms with Gasteiger partial charge in [0.25, 0.3) is 0 Å². The van der Waals surface area contributed by atoms with Crippen LogP contribution in [0.5, 0.6) is 11.5 Å². The smallest absolute Gasteiger partial charge is 0.238 e. The summed E-state index contributed by atoms with van der Waals surface area (Å²) >= 11 is 5.59. The average Bonchev–Trinajstić information content (AvgIpc) is 2.75. The van der Waals surface area contributed by atoms with E-state index >= 15 is 0 Å². The Bertz CT molecular complexity index is 1020. The summed E-state index contributed by atoms with van der Waals surface area (Å²) in [4.78, 5) is 0.335. The maximum atomic E-state index is 13.4. The molecule has 0 saturated carbocycles. The maximum absolute atomic E-state index is 13.4. The summed E-state index contributed by atoms with van der Waals surface area (Å²) in [5.74, 6) is 1.000. The molecule has 140 valence electrons. The molecule has 0 saturated heterocycles. The molecule has 1 aromatic heterocycles. The molecule has 3 aromatic rings. The molecule has 0 spiro atoms. The lowest BCUT2D eigenvalue weighted by molar-refractivity contribution is -0.577. The van der Waals surface area contributed by atoms with Gasteiger partial charge in [-0.25, -0.2) is 0 Å². The minimum Gasteiger partial charge on any atom is -0.867 e. The highest BCUT2D eigenvalue weighted by atomic mass is 32.1. The molecule has 28 heavy (non-hydrogen) atoms. The van der Waals surface area contributed by atoms with Crippen LogP contribution in [0, 0.1) is 0 Å². The van der Waals surface area contributed by atoms with Crippen LogP contribution < -0.4 is 24.5 Å². The molecule has 2 heterocycles. The van der Waals surface area contributed by atoms with Crippen molar-refractivity contribution in [3.05, 3.63) is 84.7 Å². The molecule has 5 nitrogen and oxygen atoms in total. The molecule has 2 aromatic carbocycles. The van der Waals surface area contributed by atoms with Crippen LogP contribution in [0.3, 0.4) is 0 Å². The molecule has 6 heteroatoms. The first-order valence-corrected chi connectivity index (χ1v) is 9.27. The van der Waals surface area contributed by atoms with Gasteiger partial charge in [0.1, 0.15) is 13.2 Å². The van der Waals surface area contributed by atoms with Crippen molar-refractivity contribution < 1.29 is 19.1 Å². The molecular formula is C22H18N2O3S. The highest BCUT2D eigenvalue weighted by Gasteiger charge is 2.20. The Morgan fingerprint density at radius 3 is 2.32 bits per heavy atom. The summed E-state index contributed by atoms with van der Waals surface area (Å²) < 4.78 is 12.9. The van der Waals surface area contributed by atoms with E-state index in [1.807, 2.05) is 48.5 Å². The molecule has 0 fully saturated rings. The van der Waals surface area contributed by atoms with Gasteiger partial charge in [0.2, 0.25) is 5.70 Å². The summed E-state index contributed by atoms with van der Waals surface area (Å²) in [6.07, 6.45) is 3.59. The molecule has 0 radical (unpaired) electrons. The van der Waals surface area contributed by atoms with E-state index in [0.29, 0.717) is 41.0 Å². The van der Waals surface area contributed by atoms with E-state index in [1.54, 1.807) is 35.2 Å². The van der Waals surface area contributed by atoms with Gasteiger partial charge in [-0.1, -0.05) is 42.5 Å². The van der Waals surface area contributed by atoms with E-state index in [0.717, 1.165) is 5.69 Å². The van der Waals surface area contributed by atoms with Gasteiger partial charge in [0, 0.05) is 17.8 Å². The molecule has 1 aliphatic heterocycles. The van der Waals surface area contributed by atoms with Crippen LogP contribution in [-0.2, 0) is 0 Å². The fraction of sp³-hybridized carbons (Fsp3) is 0.0909. The largest absolute Gasteiger partial charge is 0.867 e. The Kier molecular flexibility index (Phi) is 5.21. The second kappa shape index (κ2) is 8.10. The first-order valence-electron chi connectivity index (χ1n) is 8.87. The lowest BCUT2D eigenvalue weighted by atomic mass is 10.1. The summed E-state index contributed by atoms with van der Waals surface area (Å²) in [6, 6.07) is 20.3. The highest BCUT2D eigenvalue weighted by Crippen LogP contribution is 2.32. The van der Waals surface area contributed by atoms with E-state index in [2.05, 4.69) is 5.32 Å². The Labute approximate surface area is 168 Å². The van der Waals surface area contributed by atoms with Crippen molar-refractivity contribution >= 4 is 34.3 Å². The number of fused-ring (bicyclic) bond motifs is 1. The summed E-state index contributed by atoms with van der Waals surface area (Å²) in [7, 11) is 0. The van der Waals surface area contributed by atoms with Gasteiger partial charge >= 0.3 is 0 Å². The number of nitrogens with zero attached hydrogens (tertiary/aromatic N) is 1. The molecule has 0 bridgehead atoms. The molecule has 1 N–H and O–H groups in total. The van der Waals surface area contributed by atoms with Gasteiger partial charge in [0.15, 0.2) is 28.9 Å². The Morgan fingerprint density at radius 1 is 0.893 bits per heavy atom. The average molecular weight is 390 g/mol. The number of anilines is 1. The molecule has 0 aliphatic carbocycles. The first kappa shape index (κ1) is 18.0. The second-order valence-corrected chi connectivity index (χ2v) is 6.55. The van der Waals surface area contributed by atoms with Crippen molar-refractivity contribution in [2.45, 2.75) is 0 Å². The number of thiocarbonyl (C=S) groups is 1. The number of para-hydroxylation sites is 1. The number of ether oxygens (including phenoxy) is 2. The van der Waals surface area contributed by atoms with Crippen LogP contribution in [0.15, 0.2) is 79.1 Å². The third kappa shape index (κ3) is 3.82. The van der Waals surface area contributed by atoms with Crippen LogP contribution in [0.4, 0.5) is 5.69 Å². The zero-order valence-corrected chi connectivity index (χ0v) is 15.8. The predicted octanol–water partition coefficient (Wildman–Crippen LogP) is 2.87. The Balaban J connectivity index is 1.77. The maximum Gasteiger partial charge on any atom is 0.238 e. The summed E-state index contributed by atoms with van der Waals surface area (Å²) in [6.45, 7) is 0.964. The van der Waals surface area contributed by atoms with E-state index in [-0.39, 0.29) is 5.76 Å². The van der Waals surface area contributed by atoms with Gasteiger partial charge in [-0.2, -0.15) is 4.57 Å².